The minimum atomic E-state index is -1.19. The van der Waals surface area contributed by atoms with Gasteiger partial charge in [-0.05, 0) is 0 Å². The molecule has 0 aromatic heterocycles. The summed E-state index contributed by atoms with van der Waals surface area (Å²) in [6, 6.07) is 0. The van der Waals surface area contributed by atoms with Crippen molar-refractivity contribution in [2.75, 3.05) is 6.61 Å². The number of aliphatic hydroxyl groups excluding tert-OH is 1. The number of aliphatic hydroxyl groups is 1. The molecule has 0 bridgehead atoms. The second-order valence-corrected chi connectivity index (χ2v) is 1.07. The second-order valence-electron chi connectivity index (χ2n) is 1.07. The van der Waals surface area contributed by atoms with E-state index in [1.165, 1.54) is 0 Å². The highest BCUT2D eigenvalue weighted by atomic mass is 16.4. The lowest BCUT2D eigenvalue weighted by Gasteiger charge is -1.72. The zero-order valence-corrected chi connectivity index (χ0v) is 6.28. The number of carbonyl (C=O) groups is 2. The number of carboxylic acids is 2. The lowest BCUT2D eigenvalue weighted by Crippen LogP contribution is -1.98. The standard InChI is InChI=1S/C2H4O3.C2H4O2.C2H4/c3-1-2(4)5;1-2(3)4;1-2/h3H,1H2,(H,4,5);1H3,(H,3,4);1-2H2. The Bertz CT molecular complexity index is 106. The highest BCUT2D eigenvalue weighted by Gasteiger charge is 1.82. The molecule has 0 aromatic carbocycles. The average molecular weight is 164 g/mol. The van der Waals surface area contributed by atoms with Crippen molar-refractivity contribution in [1.29, 1.82) is 0 Å². The van der Waals surface area contributed by atoms with Crippen LogP contribution in [0.1, 0.15) is 6.92 Å². The van der Waals surface area contributed by atoms with Crippen molar-refractivity contribution < 1.29 is 24.9 Å². The van der Waals surface area contributed by atoms with Crippen LogP contribution in [-0.4, -0.2) is 33.9 Å². The number of carboxylic acid groups (broad SMARTS) is 2. The van der Waals surface area contributed by atoms with Crippen LogP contribution < -0.4 is 0 Å². The van der Waals surface area contributed by atoms with Crippen molar-refractivity contribution in [3.05, 3.63) is 13.2 Å². The van der Waals surface area contributed by atoms with Gasteiger partial charge in [0.2, 0.25) is 0 Å². The molecule has 5 heteroatoms. The van der Waals surface area contributed by atoms with Gasteiger partial charge in [-0.3, -0.25) is 4.79 Å². The molecule has 0 aliphatic heterocycles. The molecule has 66 valence electrons. The Morgan fingerprint density at radius 1 is 1.27 bits per heavy atom. The van der Waals surface area contributed by atoms with E-state index in [1.54, 1.807) is 0 Å². The predicted molar refractivity (Wildman–Crippen MR) is 39.3 cm³/mol. The summed E-state index contributed by atoms with van der Waals surface area (Å²) >= 11 is 0. The van der Waals surface area contributed by atoms with E-state index < -0.39 is 18.5 Å². The maximum absolute atomic E-state index is 9.12. The van der Waals surface area contributed by atoms with Crippen LogP contribution in [0.3, 0.4) is 0 Å². The maximum atomic E-state index is 9.12. The van der Waals surface area contributed by atoms with Crippen molar-refractivity contribution in [3.63, 3.8) is 0 Å². The van der Waals surface area contributed by atoms with Crippen LogP contribution in [-0.2, 0) is 9.59 Å². The summed E-state index contributed by atoms with van der Waals surface area (Å²) in [6.07, 6.45) is 0. The summed E-state index contributed by atoms with van der Waals surface area (Å²) < 4.78 is 0. The Kier molecular flexibility index (Phi) is 23.5. The van der Waals surface area contributed by atoms with E-state index in [-0.39, 0.29) is 0 Å². The molecule has 11 heavy (non-hydrogen) atoms. The molecule has 0 fully saturated rings. The average Bonchev–Trinajstić information content (AvgIpc) is 1.91. The molecule has 0 atom stereocenters. The van der Waals surface area contributed by atoms with Gasteiger partial charge in [0.1, 0.15) is 6.61 Å². The van der Waals surface area contributed by atoms with E-state index in [0.717, 1.165) is 6.92 Å². The molecule has 0 aliphatic rings. The fourth-order valence-corrected chi connectivity index (χ4v) is 0. The van der Waals surface area contributed by atoms with Crippen LogP contribution in [0.2, 0.25) is 0 Å². The van der Waals surface area contributed by atoms with E-state index in [4.69, 9.17) is 24.9 Å². The van der Waals surface area contributed by atoms with Gasteiger partial charge in [-0.1, -0.05) is 0 Å². The molecule has 0 aliphatic carbocycles. The van der Waals surface area contributed by atoms with Crippen LogP contribution in [0.15, 0.2) is 13.2 Å². The molecule has 0 unspecified atom stereocenters. The Labute approximate surface area is 64.6 Å². The molecule has 0 rings (SSSR count). The first-order valence-corrected chi connectivity index (χ1v) is 2.53. The van der Waals surface area contributed by atoms with Crippen LogP contribution in [0.5, 0.6) is 0 Å². The first kappa shape index (κ1) is 16.3. The van der Waals surface area contributed by atoms with Gasteiger partial charge in [-0.15, -0.1) is 13.2 Å². The largest absolute Gasteiger partial charge is 0.481 e. The minimum Gasteiger partial charge on any atom is -0.481 e. The zero-order chi connectivity index (χ0) is 9.86. The summed E-state index contributed by atoms with van der Waals surface area (Å²) in [4.78, 5) is 18.1. The van der Waals surface area contributed by atoms with E-state index in [1.807, 2.05) is 0 Å². The normalized spacial score (nSPS) is 6.00. The van der Waals surface area contributed by atoms with Crippen LogP contribution in [0.25, 0.3) is 0 Å². The summed E-state index contributed by atoms with van der Waals surface area (Å²) in [5, 5.41) is 22.4. The number of hydrogen-bond acceptors (Lipinski definition) is 3. The quantitative estimate of drug-likeness (QED) is 0.472. The summed E-state index contributed by atoms with van der Waals surface area (Å²) in [5.41, 5.74) is 0. The first-order valence-electron chi connectivity index (χ1n) is 2.53. The predicted octanol–water partition coefficient (Wildman–Crippen LogP) is -0.0436. The molecular formula is C6H12O5. The van der Waals surface area contributed by atoms with Crippen LogP contribution >= 0.6 is 0 Å². The van der Waals surface area contributed by atoms with Crippen LogP contribution in [0, 0.1) is 0 Å². The van der Waals surface area contributed by atoms with E-state index in [9.17, 15) is 0 Å². The molecule has 0 saturated carbocycles. The lowest BCUT2D eigenvalue weighted by molar-refractivity contribution is -0.140. The van der Waals surface area contributed by atoms with E-state index in [0.29, 0.717) is 0 Å². The van der Waals surface area contributed by atoms with Gasteiger partial charge in [-0.25, -0.2) is 4.79 Å². The molecule has 0 radical (unpaired) electrons. The maximum Gasteiger partial charge on any atom is 0.329 e. The fourth-order valence-electron chi connectivity index (χ4n) is 0. The lowest BCUT2D eigenvalue weighted by atomic mass is 10.8. The highest BCUT2D eigenvalue weighted by Crippen LogP contribution is 1.48. The summed E-state index contributed by atoms with van der Waals surface area (Å²) in [7, 11) is 0. The fraction of sp³-hybridized carbons (Fsp3) is 0.333. The van der Waals surface area contributed by atoms with Gasteiger partial charge in [0.15, 0.2) is 0 Å². The summed E-state index contributed by atoms with van der Waals surface area (Å²) in [6.45, 7) is 6.31. The van der Waals surface area contributed by atoms with E-state index in [2.05, 4.69) is 13.2 Å². The molecule has 0 spiro atoms. The Morgan fingerprint density at radius 3 is 1.36 bits per heavy atom. The van der Waals surface area contributed by atoms with Gasteiger partial charge in [0.25, 0.3) is 5.97 Å². The Hall–Kier alpha value is -1.36. The SMILES string of the molecule is C=C.CC(=O)O.O=C(O)CO. The van der Waals surface area contributed by atoms with E-state index >= 15 is 0 Å². The molecule has 0 heterocycles. The molecular weight excluding hydrogens is 152 g/mol. The second kappa shape index (κ2) is 15.9. The van der Waals surface area contributed by atoms with Crippen molar-refractivity contribution in [1.82, 2.24) is 0 Å². The van der Waals surface area contributed by atoms with Gasteiger partial charge in [0.05, 0.1) is 0 Å². The summed E-state index contributed by atoms with van der Waals surface area (Å²) in [5.74, 6) is -2.02. The Morgan fingerprint density at radius 2 is 1.36 bits per heavy atom. The highest BCUT2D eigenvalue weighted by molar-refractivity contribution is 5.67. The molecule has 0 saturated heterocycles. The zero-order valence-electron chi connectivity index (χ0n) is 6.28. The van der Waals surface area contributed by atoms with Crippen LogP contribution in [0.4, 0.5) is 0 Å². The van der Waals surface area contributed by atoms with Gasteiger partial charge >= 0.3 is 5.97 Å². The number of hydrogen-bond donors (Lipinski definition) is 3. The van der Waals surface area contributed by atoms with Crippen molar-refractivity contribution in [2.45, 2.75) is 6.92 Å². The van der Waals surface area contributed by atoms with Crippen molar-refractivity contribution in [3.8, 4) is 0 Å². The van der Waals surface area contributed by atoms with Crippen molar-refractivity contribution in [2.24, 2.45) is 0 Å². The number of rotatable bonds is 1. The first-order chi connectivity index (χ1) is 5.00. The van der Waals surface area contributed by atoms with Gasteiger partial charge in [-0.2, -0.15) is 0 Å². The third kappa shape index (κ3) is 930. The topological polar surface area (TPSA) is 94.8 Å². The third-order valence-electron chi connectivity index (χ3n) is 0.135. The third-order valence-corrected chi connectivity index (χ3v) is 0.135. The monoisotopic (exact) mass is 164 g/mol. The smallest absolute Gasteiger partial charge is 0.329 e. The Balaban J connectivity index is -0.0000000965. The molecule has 3 N–H and O–H groups in total. The number of aliphatic carboxylic acids is 2. The van der Waals surface area contributed by atoms with Crippen molar-refractivity contribution >= 4 is 11.9 Å². The van der Waals surface area contributed by atoms with Gasteiger partial charge in [0, 0.05) is 6.92 Å². The minimum absolute atomic E-state index is 0.778. The molecule has 0 aromatic rings. The van der Waals surface area contributed by atoms with Gasteiger partial charge < -0.3 is 15.3 Å². The molecule has 0 amide bonds. The molecule has 5 nitrogen and oxygen atoms in total.